The monoisotopic (exact) mass is 337 g/mol. The first-order valence-corrected chi connectivity index (χ1v) is 9.51. The SMILES string of the molecule is Cc1nc(Nc2ccc(N3CCCCC3)cc2)cc(N2CCCC2)n1. The molecule has 0 aliphatic carbocycles. The number of anilines is 4. The van der Waals surface area contributed by atoms with Crippen LogP contribution < -0.4 is 15.1 Å². The van der Waals surface area contributed by atoms with Gasteiger partial charge in [-0.2, -0.15) is 0 Å². The third-order valence-electron chi connectivity index (χ3n) is 5.12. The standard InChI is InChI=1S/C20H27N5/c1-16-21-19(15-20(22-16)25-13-5-6-14-25)23-17-7-9-18(10-8-17)24-11-3-2-4-12-24/h7-10,15H,2-6,11-14H2,1H3,(H,21,22,23). The minimum absolute atomic E-state index is 0.817. The van der Waals surface area contributed by atoms with E-state index >= 15 is 0 Å². The highest BCUT2D eigenvalue weighted by Gasteiger charge is 2.15. The average Bonchev–Trinajstić information content (AvgIpc) is 3.17. The van der Waals surface area contributed by atoms with E-state index in [1.165, 1.54) is 50.9 Å². The first-order valence-electron chi connectivity index (χ1n) is 9.51. The number of aromatic nitrogens is 2. The molecular formula is C20H27N5. The van der Waals surface area contributed by atoms with Crippen LogP contribution in [0.15, 0.2) is 30.3 Å². The van der Waals surface area contributed by atoms with Crippen LogP contribution in [0.2, 0.25) is 0 Å². The Balaban J connectivity index is 1.47. The Morgan fingerprint density at radius 3 is 2.16 bits per heavy atom. The predicted molar refractivity (Wildman–Crippen MR) is 104 cm³/mol. The van der Waals surface area contributed by atoms with Gasteiger partial charge in [-0.05, 0) is 63.3 Å². The zero-order chi connectivity index (χ0) is 17.1. The van der Waals surface area contributed by atoms with Crippen LogP contribution in [-0.4, -0.2) is 36.1 Å². The van der Waals surface area contributed by atoms with Gasteiger partial charge in [0.1, 0.15) is 17.5 Å². The van der Waals surface area contributed by atoms with Gasteiger partial charge in [-0.3, -0.25) is 0 Å². The molecule has 0 bridgehead atoms. The number of aryl methyl sites for hydroxylation is 1. The van der Waals surface area contributed by atoms with E-state index in [0.29, 0.717) is 0 Å². The van der Waals surface area contributed by atoms with E-state index in [9.17, 15) is 0 Å². The summed E-state index contributed by atoms with van der Waals surface area (Å²) in [4.78, 5) is 14.0. The van der Waals surface area contributed by atoms with Gasteiger partial charge in [-0.15, -0.1) is 0 Å². The van der Waals surface area contributed by atoms with E-state index in [0.717, 1.165) is 36.2 Å². The Hall–Kier alpha value is -2.30. The number of hydrogen-bond donors (Lipinski definition) is 1. The molecule has 2 saturated heterocycles. The quantitative estimate of drug-likeness (QED) is 0.909. The topological polar surface area (TPSA) is 44.3 Å². The van der Waals surface area contributed by atoms with Crippen LogP contribution >= 0.6 is 0 Å². The fraction of sp³-hybridized carbons (Fsp3) is 0.500. The van der Waals surface area contributed by atoms with Crippen LogP contribution in [-0.2, 0) is 0 Å². The Labute approximate surface area is 150 Å². The molecule has 0 saturated carbocycles. The number of nitrogens with one attached hydrogen (secondary N) is 1. The number of nitrogens with zero attached hydrogens (tertiary/aromatic N) is 4. The minimum Gasteiger partial charge on any atom is -0.372 e. The van der Waals surface area contributed by atoms with Crippen LogP contribution in [0.1, 0.15) is 37.9 Å². The highest BCUT2D eigenvalue weighted by Crippen LogP contribution is 2.25. The molecule has 2 fully saturated rings. The third kappa shape index (κ3) is 3.86. The molecule has 1 N–H and O–H groups in total. The van der Waals surface area contributed by atoms with E-state index in [1.807, 2.05) is 6.92 Å². The molecule has 5 nitrogen and oxygen atoms in total. The fourth-order valence-electron chi connectivity index (χ4n) is 3.78. The second-order valence-electron chi connectivity index (χ2n) is 7.07. The van der Waals surface area contributed by atoms with Crippen molar-refractivity contribution in [1.82, 2.24) is 9.97 Å². The summed E-state index contributed by atoms with van der Waals surface area (Å²) in [5.74, 6) is 2.73. The van der Waals surface area contributed by atoms with Crippen molar-refractivity contribution in [3.05, 3.63) is 36.2 Å². The molecule has 4 rings (SSSR count). The largest absolute Gasteiger partial charge is 0.372 e. The maximum absolute atomic E-state index is 4.60. The molecule has 1 aromatic carbocycles. The molecule has 5 heteroatoms. The molecule has 0 spiro atoms. The van der Waals surface area contributed by atoms with Gasteiger partial charge < -0.3 is 15.1 Å². The molecule has 2 aromatic rings. The van der Waals surface area contributed by atoms with Crippen molar-refractivity contribution in [2.45, 2.75) is 39.0 Å². The van der Waals surface area contributed by atoms with Crippen molar-refractivity contribution in [3.8, 4) is 0 Å². The summed E-state index contributed by atoms with van der Waals surface area (Å²) in [6.45, 7) is 6.51. The van der Waals surface area contributed by atoms with Gasteiger partial charge in [0, 0.05) is 43.6 Å². The van der Waals surface area contributed by atoms with Crippen LogP contribution in [0.3, 0.4) is 0 Å². The molecule has 2 aliphatic heterocycles. The summed E-state index contributed by atoms with van der Waals surface area (Å²) in [7, 11) is 0. The zero-order valence-electron chi connectivity index (χ0n) is 15.0. The van der Waals surface area contributed by atoms with Gasteiger partial charge >= 0.3 is 0 Å². The van der Waals surface area contributed by atoms with Crippen molar-refractivity contribution >= 4 is 23.0 Å². The van der Waals surface area contributed by atoms with E-state index < -0.39 is 0 Å². The first-order chi connectivity index (χ1) is 12.3. The molecular weight excluding hydrogens is 310 g/mol. The minimum atomic E-state index is 0.817. The van der Waals surface area contributed by atoms with Gasteiger partial charge in [0.25, 0.3) is 0 Å². The third-order valence-corrected chi connectivity index (χ3v) is 5.12. The van der Waals surface area contributed by atoms with Crippen molar-refractivity contribution in [1.29, 1.82) is 0 Å². The van der Waals surface area contributed by atoms with Crippen LogP contribution in [0, 0.1) is 6.92 Å². The highest BCUT2D eigenvalue weighted by molar-refractivity contribution is 5.63. The molecule has 0 radical (unpaired) electrons. The van der Waals surface area contributed by atoms with Crippen molar-refractivity contribution < 1.29 is 0 Å². The van der Waals surface area contributed by atoms with Crippen LogP contribution in [0.5, 0.6) is 0 Å². The Morgan fingerprint density at radius 1 is 0.800 bits per heavy atom. The van der Waals surface area contributed by atoms with E-state index in [-0.39, 0.29) is 0 Å². The van der Waals surface area contributed by atoms with Crippen molar-refractivity contribution in [2.24, 2.45) is 0 Å². The van der Waals surface area contributed by atoms with E-state index in [4.69, 9.17) is 0 Å². The number of benzene rings is 1. The van der Waals surface area contributed by atoms with Crippen LogP contribution in [0.25, 0.3) is 0 Å². The molecule has 0 unspecified atom stereocenters. The Morgan fingerprint density at radius 2 is 1.44 bits per heavy atom. The lowest BCUT2D eigenvalue weighted by molar-refractivity contribution is 0.578. The van der Waals surface area contributed by atoms with Gasteiger partial charge in [-0.1, -0.05) is 0 Å². The highest BCUT2D eigenvalue weighted by atomic mass is 15.2. The van der Waals surface area contributed by atoms with Gasteiger partial charge in [0.05, 0.1) is 0 Å². The summed E-state index contributed by atoms with van der Waals surface area (Å²) in [6, 6.07) is 10.8. The fourth-order valence-corrected chi connectivity index (χ4v) is 3.78. The second kappa shape index (κ2) is 7.30. The van der Waals surface area contributed by atoms with E-state index in [2.05, 4.69) is 55.4 Å². The lowest BCUT2D eigenvalue weighted by atomic mass is 10.1. The molecule has 25 heavy (non-hydrogen) atoms. The Bertz CT molecular complexity index is 701. The summed E-state index contributed by atoms with van der Waals surface area (Å²) >= 11 is 0. The molecule has 0 amide bonds. The lowest BCUT2D eigenvalue weighted by Crippen LogP contribution is -2.29. The van der Waals surface area contributed by atoms with Gasteiger partial charge in [-0.25, -0.2) is 9.97 Å². The van der Waals surface area contributed by atoms with E-state index in [1.54, 1.807) is 0 Å². The zero-order valence-corrected chi connectivity index (χ0v) is 15.0. The summed E-state index contributed by atoms with van der Waals surface area (Å²) in [6.07, 6.45) is 6.48. The molecule has 2 aliphatic rings. The van der Waals surface area contributed by atoms with Crippen molar-refractivity contribution in [2.75, 3.05) is 41.3 Å². The average molecular weight is 337 g/mol. The number of piperidine rings is 1. The van der Waals surface area contributed by atoms with Crippen LogP contribution in [0.4, 0.5) is 23.0 Å². The number of hydrogen-bond acceptors (Lipinski definition) is 5. The summed E-state index contributed by atoms with van der Waals surface area (Å²) < 4.78 is 0. The van der Waals surface area contributed by atoms with Gasteiger partial charge in [0.15, 0.2) is 0 Å². The molecule has 3 heterocycles. The Kier molecular flexibility index (Phi) is 4.72. The summed E-state index contributed by atoms with van der Waals surface area (Å²) in [5, 5.41) is 3.44. The van der Waals surface area contributed by atoms with Crippen molar-refractivity contribution in [3.63, 3.8) is 0 Å². The smallest absolute Gasteiger partial charge is 0.136 e. The van der Waals surface area contributed by atoms with Gasteiger partial charge in [0.2, 0.25) is 0 Å². The number of rotatable bonds is 4. The first kappa shape index (κ1) is 16.2. The predicted octanol–water partition coefficient (Wildman–Crippen LogP) is 4.12. The molecule has 132 valence electrons. The molecule has 0 atom stereocenters. The maximum atomic E-state index is 4.60. The maximum Gasteiger partial charge on any atom is 0.136 e. The second-order valence-corrected chi connectivity index (χ2v) is 7.07. The summed E-state index contributed by atoms with van der Waals surface area (Å²) in [5.41, 5.74) is 2.40. The molecule has 1 aromatic heterocycles. The lowest BCUT2D eigenvalue weighted by Gasteiger charge is -2.28. The normalized spacial score (nSPS) is 17.8.